The third-order valence-electron chi connectivity index (χ3n) is 5.74. The van der Waals surface area contributed by atoms with Gasteiger partial charge in [-0.15, -0.1) is 0 Å². The number of ether oxygens (including phenoxy) is 1. The van der Waals surface area contributed by atoms with Gasteiger partial charge in [-0.25, -0.2) is 13.8 Å². The lowest BCUT2D eigenvalue weighted by atomic mass is 10.0. The molecule has 1 aromatic heterocycles. The molecule has 2 fully saturated rings. The molecule has 2 heterocycles. The van der Waals surface area contributed by atoms with E-state index in [0.717, 1.165) is 25.7 Å². The lowest BCUT2D eigenvalue weighted by Crippen LogP contribution is -2.23. The summed E-state index contributed by atoms with van der Waals surface area (Å²) in [7, 11) is 0. The van der Waals surface area contributed by atoms with Crippen LogP contribution in [0.4, 0.5) is 14.5 Å². The zero-order valence-electron chi connectivity index (χ0n) is 16.1. The summed E-state index contributed by atoms with van der Waals surface area (Å²) in [6.45, 7) is 0.774. The Labute approximate surface area is 168 Å². The van der Waals surface area contributed by atoms with Gasteiger partial charge in [0, 0.05) is 31.3 Å². The summed E-state index contributed by atoms with van der Waals surface area (Å²) in [6, 6.07) is 6.09. The molecule has 1 aliphatic heterocycles. The molecule has 1 saturated heterocycles. The second-order valence-corrected chi connectivity index (χ2v) is 7.87. The smallest absolute Gasteiger partial charge is 0.303 e. The van der Waals surface area contributed by atoms with Crippen LogP contribution in [0.2, 0.25) is 0 Å². The van der Waals surface area contributed by atoms with E-state index < -0.39 is 17.6 Å². The maximum Gasteiger partial charge on any atom is 0.303 e. The van der Waals surface area contributed by atoms with Gasteiger partial charge in [0.15, 0.2) is 0 Å². The quantitative estimate of drug-likeness (QED) is 0.762. The maximum absolute atomic E-state index is 14.9. The molecule has 7 heteroatoms. The zero-order valence-corrected chi connectivity index (χ0v) is 16.1. The molecule has 2 aromatic rings. The number of anilines is 1. The van der Waals surface area contributed by atoms with Gasteiger partial charge in [0.25, 0.3) is 0 Å². The molecule has 0 amide bonds. The van der Waals surface area contributed by atoms with Gasteiger partial charge in [-0.1, -0.05) is 0 Å². The van der Waals surface area contributed by atoms with Crippen LogP contribution in [0.1, 0.15) is 38.5 Å². The van der Waals surface area contributed by atoms with Gasteiger partial charge in [-0.3, -0.25) is 4.79 Å². The molecule has 1 aliphatic carbocycles. The highest BCUT2D eigenvalue weighted by atomic mass is 19.1. The third-order valence-corrected chi connectivity index (χ3v) is 5.74. The summed E-state index contributed by atoms with van der Waals surface area (Å²) < 4.78 is 35.8. The molecule has 0 bridgehead atoms. The molecule has 1 N–H and O–H groups in total. The van der Waals surface area contributed by atoms with Crippen molar-refractivity contribution in [2.24, 2.45) is 5.92 Å². The van der Waals surface area contributed by atoms with E-state index >= 15 is 0 Å². The van der Waals surface area contributed by atoms with Crippen LogP contribution in [0.5, 0.6) is 5.88 Å². The summed E-state index contributed by atoms with van der Waals surface area (Å²) in [6.07, 6.45) is 6.47. The van der Waals surface area contributed by atoms with Crippen LogP contribution in [0.15, 0.2) is 30.5 Å². The van der Waals surface area contributed by atoms with E-state index in [1.165, 1.54) is 12.1 Å². The number of aliphatic carboxylic acids is 1. The molecule has 1 aromatic carbocycles. The summed E-state index contributed by atoms with van der Waals surface area (Å²) in [5.74, 6) is -1.91. The Morgan fingerprint density at radius 1 is 1.21 bits per heavy atom. The van der Waals surface area contributed by atoms with Gasteiger partial charge >= 0.3 is 5.97 Å². The van der Waals surface area contributed by atoms with Gasteiger partial charge in [-0.05, 0) is 67.9 Å². The third kappa shape index (κ3) is 4.33. The number of hydrogen-bond acceptors (Lipinski definition) is 4. The maximum atomic E-state index is 14.9. The predicted molar refractivity (Wildman–Crippen MR) is 105 cm³/mol. The standard InChI is InChI=1S/C22H24F2N2O3/c23-18-11-15(17-6-3-8-25-22(17)29-16-4-1-2-5-16)12-19(24)21(18)26-9-7-14(13-26)10-20(27)28/h3,6,8,11-12,14,16H,1-2,4-5,7,9-10,13H2,(H,27,28)/t14-/m0/s1. The molecule has 2 aliphatic rings. The van der Waals surface area contributed by atoms with Crippen molar-refractivity contribution >= 4 is 11.7 Å². The zero-order chi connectivity index (χ0) is 20.4. The first-order chi connectivity index (χ1) is 14.0. The lowest BCUT2D eigenvalue weighted by molar-refractivity contribution is -0.137. The van der Waals surface area contributed by atoms with Crippen molar-refractivity contribution in [1.82, 2.24) is 4.98 Å². The van der Waals surface area contributed by atoms with Crippen molar-refractivity contribution in [2.75, 3.05) is 18.0 Å². The highest BCUT2D eigenvalue weighted by Gasteiger charge is 2.29. The van der Waals surface area contributed by atoms with Crippen molar-refractivity contribution in [3.05, 3.63) is 42.1 Å². The number of rotatable bonds is 6. The van der Waals surface area contributed by atoms with E-state index in [1.54, 1.807) is 23.2 Å². The first-order valence-corrected chi connectivity index (χ1v) is 10.1. The first kappa shape index (κ1) is 19.6. The van der Waals surface area contributed by atoms with Crippen LogP contribution in [0.25, 0.3) is 11.1 Å². The van der Waals surface area contributed by atoms with Crippen molar-refractivity contribution in [3.63, 3.8) is 0 Å². The Morgan fingerprint density at radius 2 is 1.93 bits per heavy atom. The average molecular weight is 402 g/mol. The van der Waals surface area contributed by atoms with Crippen LogP contribution in [0.3, 0.4) is 0 Å². The molecule has 5 nitrogen and oxygen atoms in total. The number of pyridine rings is 1. The molecular weight excluding hydrogens is 378 g/mol. The van der Waals surface area contributed by atoms with Crippen molar-refractivity contribution in [1.29, 1.82) is 0 Å². The molecule has 29 heavy (non-hydrogen) atoms. The topological polar surface area (TPSA) is 62.7 Å². The molecule has 1 saturated carbocycles. The largest absolute Gasteiger partial charge is 0.481 e. The summed E-state index contributed by atoms with van der Waals surface area (Å²) in [5.41, 5.74) is 0.851. The van der Waals surface area contributed by atoms with Crippen molar-refractivity contribution in [3.8, 4) is 17.0 Å². The number of aromatic nitrogens is 1. The SMILES string of the molecule is O=C(O)C[C@@H]1CCN(c2c(F)cc(-c3cccnc3OC3CCCC3)cc2F)C1. The molecule has 0 radical (unpaired) electrons. The number of benzene rings is 1. The van der Waals surface area contributed by atoms with E-state index in [4.69, 9.17) is 9.84 Å². The van der Waals surface area contributed by atoms with Crippen LogP contribution in [0, 0.1) is 17.6 Å². The van der Waals surface area contributed by atoms with Gasteiger partial charge in [0.05, 0.1) is 0 Å². The predicted octanol–water partition coefficient (Wildman–Crippen LogP) is 4.65. The van der Waals surface area contributed by atoms with Crippen LogP contribution >= 0.6 is 0 Å². The summed E-state index contributed by atoms with van der Waals surface area (Å²) in [5, 5.41) is 8.95. The molecule has 0 spiro atoms. The van der Waals surface area contributed by atoms with Crippen molar-refractivity contribution < 1.29 is 23.4 Å². The Kier molecular flexibility index (Phi) is 5.65. The number of halogens is 2. The summed E-state index contributed by atoms with van der Waals surface area (Å²) >= 11 is 0. The molecule has 4 rings (SSSR count). The van der Waals surface area contributed by atoms with E-state index in [9.17, 15) is 13.6 Å². The van der Waals surface area contributed by atoms with Crippen LogP contribution < -0.4 is 9.64 Å². The van der Waals surface area contributed by atoms with Gasteiger partial charge in [0.2, 0.25) is 5.88 Å². The fourth-order valence-electron chi connectivity index (χ4n) is 4.34. The monoisotopic (exact) mass is 402 g/mol. The van der Waals surface area contributed by atoms with E-state index in [-0.39, 0.29) is 24.1 Å². The van der Waals surface area contributed by atoms with E-state index in [1.807, 2.05) is 0 Å². The Hall–Kier alpha value is -2.70. The van der Waals surface area contributed by atoms with Crippen LogP contribution in [-0.4, -0.2) is 35.3 Å². The lowest BCUT2D eigenvalue weighted by Gasteiger charge is -2.21. The Bertz CT molecular complexity index is 876. The summed E-state index contributed by atoms with van der Waals surface area (Å²) in [4.78, 5) is 16.8. The Balaban J connectivity index is 1.59. The van der Waals surface area contributed by atoms with Crippen molar-refractivity contribution in [2.45, 2.75) is 44.6 Å². The Morgan fingerprint density at radius 3 is 2.62 bits per heavy atom. The molecule has 154 valence electrons. The molecular formula is C22H24F2N2O3. The minimum Gasteiger partial charge on any atom is -0.481 e. The minimum atomic E-state index is -0.889. The normalized spacial score (nSPS) is 19.7. The second-order valence-electron chi connectivity index (χ2n) is 7.87. The van der Waals surface area contributed by atoms with E-state index in [2.05, 4.69) is 4.98 Å². The van der Waals surface area contributed by atoms with Gasteiger partial charge in [-0.2, -0.15) is 0 Å². The number of carboxylic acids is 1. The molecule has 1 atom stereocenters. The minimum absolute atomic E-state index is 0.00930. The highest BCUT2D eigenvalue weighted by Crippen LogP contribution is 2.36. The number of carbonyl (C=O) groups is 1. The second kappa shape index (κ2) is 8.35. The fraction of sp³-hybridized carbons (Fsp3) is 0.455. The van der Waals surface area contributed by atoms with Gasteiger partial charge in [0.1, 0.15) is 23.4 Å². The number of carboxylic acid groups (broad SMARTS) is 1. The average Bonchev–Trinajstić information content (AvgIpc) is 3.33. The highest BCUT2D eigenvalue weighted by molar-refractivity contribution is 5.71. The first-order valence-electron chi connectivity index (χ1n) is 10.1. The van der Waals surface area contributed by atoms with Crippen LogP contribution in [-0.2, 0) is 4.79 Å². The van der Waals surface area contributed by atoms with E-state index in [0.29, 0.717) is 36.5 Å². The number of hydrogen-bond donors (Lipinski definition) is 1. The number of nitrogens with zero attached hydrogens (tertiary/aromatic N) is 2. The fourth-order valence-corrected chi connectivity index (χ4v) is 4.34. The van der Waals surface area contributed by atoms with Gasteiger partial charge < -0.3 is 14.7 Å². The molecule has 0 unspecified atom stereocenters.